The van der Waals surface area contributed by atoms with Gasteiger partial charge in [-0.05, 0) is 31.1 Å². The Morgan fingerprint density at radius 2 is 1.83 bits per heavy atom. The number of hydrogen-bond donors (Lipinski definition) is 2. The molecule has 0 aromatic carbocycles. The van der Waals surface area contributed by atoms with Crippen LogP contribution in [0.15, 0.2) is 0 Å². The van der Waals surface area contributed by atoms with Gasteiger partial charge in [-0.25, -0.2) is 4.79 Å². The number of methoxy groups -OCH3 is 1. The van der Waals surface area contributed by atoms with E-state index in [4.69, 9.17) is 0 Å². The van der Waals surface area contributed by atoms with Gasteiger partial charge in [-0.3, -0.25) is 19.2 Å². The third kappa shape index (κ3) is 3.59. The van der Waals surface area contributed by atoms with Gasteiger partial charge in [0, 0.05) is 42.4 Å². The zero-order chi connectivity index (χ0) is 22.3. The van der Waals surface area contributed by atoms with E-state index >= 15 is 0 Å². The van der Waals surface area contributed by atoms with Crippen LogP contribution >= 0.6 is 0 Å². The summed E-state index contributed by atoms with van der Waals surface area (Å²) in [5.74, 6) is -1.56. The second-order valence-corrected chi connectivity index (χ2v) is 9.48. The number of carbonyl (C=O) groups is 5. The number of carbonyl (C=O) groups excluding carboxylic acids is 5. The van der Waals surface area contributed by atoms with Crippen molar-refractivity contribution in [2.75, 3.05) is 13.7 Å². The van der Waals surface area contributed by atoms with Crippen LogP contribution in [0.2, 0.25) is 0 Å². The SMILES string of the molecule is COC(=O)C(CO)NC(=O)CCC1(C)C(=O)CCC2C3CCC(=O)C3(C)CC(=O)C21. The Balaban J connectivity index is 1.76. The fraction of sp³-hybridized carbons (Fsp3) is 0.773. The smallest absolute Gasteiger partial charge is 0.330 e. The molecule has 8 heteroatoms. The summed E-state index contributed by atoms with van der Waals surface area (Å²) in [4.78, 5) is 62.5. The Kier molecular flexibility index (Phi) is 6.18. The monoisotopic (exact) mass is 421 g/mol. The molecule has 8 nitrogen and oxygen atoms in total. The molecule has 3 rings (SSSR count). The molecule has 3 aliphatic carbocycles. The number of fused-ring (bicyclic) bond motifs is 3. The Hall–Kier alpha value is -2.09. The molecule has 6 atom stereocenters. The van der Waals surface area contributed by atoms with E-state index in [1.807, 2.05) is 6.92 Å². The molecule has 0 heterocycles. The lowest BCUT2D eigenvalue weighted by atomic mass is 9.48. The fourth-order valence-electron chi connectivity index (χ4n) is 6.17. The number of rotatable bonds is 6. The second-order valence-electron chi connectivity index (χ2n) is 9.48. The maximum Gasteiger partial charge on any atom is 0.330 e. The Morgan fingerprint density at radius 1 is 1.17 bits per heavy atom. The Labute approximate surface area is 176 Å². The van der Waals surface area contributed by atoms with Crippen molar-refractivity contribution in [1.29, 1.82) is 0 Å². The zero-order valence-electron chi connectivity index (χ0n) is 17.9. The van der Waals surface area contributed by atoms with Crippen LogP contribution in [-0.4, -0.2) is 54.1 Å². The highest BCUT2D eigenvalue weighted by atomic mass is 16.5. The van der Waals surface area contributed by atoms with E-state index in [1.165, 1.54) is 0 Å². The molecule has 30 heavy (non-hydrogen) atoms. The van der Waals surface area contributed by atoms with Crippen molar-refractivity contribution >= 4 is 29.2 Å². The van der Waals surface area contributed by atoms with Crippen LogP contribution in [0.5, 0.6) is 0 Å². The maximum atomic E-state index is 13.2. The minimum absolute atomic E-state index is 0.0197. The molecule has 0 bridgehead atoms. The molecule has 3 aliphatic rings. The number of aliphatic hydroxyl groups is 1. The minimum atomic E-state index is -1.16. The Bertz CT molecular complexity index is 777. The van der Waals surface area contributed by atoms with Crippen molar-refractivity contribution in [3.63, 3.8) is 0 Å². The number of ketones is 3. The number of hydrogen-bond acceptors (Lipinski definition) is 7. The van der Waals surface area contributed by atoms with Gasteiger partial charge in [-0.15, -0.1) is 0 Å². The molecule has 166 valence electrons. The molecule has 3 saturated carbocycles. The quantitative estimate of drug-likeness (QED) is 0.612. The van der Waals surface area contributed by atoms with Crippen molar-refractivity contribution in [3.8, 4) is 0 Å². The number of aliphatic hydroxyl groups excluding tert-OH is 1. The van der Waals surface area contributed by atoms with Gasteiger partial charge < -0.3 is 15.2 Å². The van der Waals surface area contributed by atoms with Crippen LogP contribution in [0.1, 0.15) is 58.8 Å². The maximum absolute atomic E-state index is 13.2. The molecule has 0 aromatic heterocycles. The van der Waals surface area contributed by atoms with Gasteiger partial charge in [-0.1, -0.05) is 13.8 Å². The molecule has 0 aliphatic heterocycles. The zero-order valence-corrected chi connectivity index (χ0v) is 17.9. The summed E-state index contributed by atoms with van der Waals surface area (Å²) in [7, 11) is 1.16. The summed E-state index contributed by atoms with van der Waals surface area (Å²) in [6.07, 6.45) is 2.50. The molecule has 0 radical (unpaired) electrons. The summed E-state index contributed by atoms with van der Waals surface area (Å²) < 4.78 is 4.54. The fourth-order valence-corrected chi connectivity index (χ4v) is 6.17. The van der Waals surface area contributed by atoms with E-state index in [0.717, 1.165) is 13.5 Å². The third-order valence-electron chi connectivity index (χ3n) is 7.87. The number of amides is 1. The Morgan fingerprint density at radius 3 is 2.47 bits per heavy atom. The highest BCUT2D eigenvalue weighted by Gasteiger charge is 2.62. The van der Waals surface area contributed by atoms with Crippen LogP contribution in [0.3, 0.4) is 0 Å². The second kappa shape index (κ2) is 8.21. The van der Waals surface area contributed by atoms with Crippen molar-refractivity contribution in [1.82, 2.24) is 5.32 Å². The standard InChI is InChI=1S/C22H31NO7/c1-21(9-8-18(28)23-14(11-24)20(29)30-3)16(26)6-4-12-13-5-7-17(27)22(13,2)10-15(25)19(12)21/h12-14,19,24H,4-11H2,1-3H3,(H,23,28). The van der Waals surface area contributed by atoms with E-state index in [9.17, 15) is 29.1 Å². The predicted molar refractivity (Wildman–Crippen MR) is 105 cm³/mol. The summed E-state index contributed by atoms with van der Waals surface area (Å²) >= 11 is 0. The molecular formula is C22H31NO7. The highest BCUT2D eigenvalue weighted by molar-refractivity contribution is 5.99. The van der Waals surface area contributed by atoms with Crippen molar-refractivity contribution in [2.45, 2.75) is 64.8 Å². The van der Waals surface area contributed by atoms with Gasteiger partial charge in [0.1, 0.15) is 17.3 Å². The van der Waals surface area contributed by atoms with E-state index < -0.39 is 41.3 Å². The van der Waals surface area contributed by atoms with E-state index in [2.05, 4.69) is 10.1 Å². The molecule has 6 unspecified atom stereocenters. The molecule has 1 amide bonds. The lowest BCUT2D eigenvalue weighted by Gasteiger charge is -2.52. The van der Waals surface area contributed by atoms with Crippen molar-refractivity contribution in [2.24, 2.45) is 28.6 Å². The molecule has 2 N–H and O–H groups in total. The average molecular weight is 421 g/mol. The third-order valence-corrected chi connectivity index (χ3v) is 7.87. The number of ether oxygens (including phenoxy) is 1. The minimum Gasteiger partial charge on any atom is -0.467 e. The van der Waals surface area contributed by atoms with Gasteiger partial charge in [0.15, 0.2) is 6.04 Å². The van der Waals surface area contributed by atoms with Gasteiger partial charge in [0.25, 0.3) is 0 Å². The van der Waals surface area contributed by atoms with Gasteiger partial charge in [0.05, 0.1) is 13.7 Å². The summed E-state index contributed by atoms with van der Waals surface area (Å²) in [6.45, 7) is 3.07. The molecule has 3 fully saturated rings. The highest BCUT2D eigenvalue weighted by Crippen LogP contribution is 2.60. The largest absolute Gasteiger partial charge is 0.467 e. The molecule has 0 saturated heterocycles. The van der Waals surface area contributed by atoms with Crippen molar-refractivity contribution in [3.05, 3.63) is 0 Å². The first-order chi connectivity index (χ1) is 14.1. The van der Waals surface area contributed by atoms with Gasteiger partial charge >= 0.3 is 5.97 Å². The van der Waals surface area contributed by atoms with Crippen molar-refractivity contribution < 1.29 is 33.8 Å². The van der Waals surface area contributed by atoms with E-state index in [-0.39, 0.29) is 48.4 Å². The van der Waals surface area contributed by atoms with Crippen LogP contribution in [-0.2, 0) is 28.7 Å². The lowest BCUT2D eigenvalue weighted by molar-refractivity contribution is -0.160. The summed E-state index contributed by atoms with van der Waals surface area (Å²) in [5.41, 5.74) is -1.59. The van der Waals surface area contributed by atoms with E-state index in [0.29, 0.717) is 19.3 Å². The summed E-state index contributed by atoms with van der Waals surface area (Å²) in [6, 6.07) is -1.16. The molecular weight excluding hydrogens is 390 g/mol. The number of nitrogens with one attached hydrogen (secondary N) is 1. The number of Topliss-reactive ketones (excluding diaryl/α,β-unsaturated/α-hetero) is 3. The topological polar surface area (TPSA) is 127 Å². The average Bonchev–Trinajstić information content (AvgIpc) is 3.00. The van der Waals surface area contributed by atoms with Gasteiger partial charge in [-0.2, -0.15) is 0 Å². The van der Waals surface area contributed by atoms with Crippen LogP contribution in [0, 0.1) is 28.6 Å². The van der Waals surface area contributed by atoms with Crippen LogP contribution in [0.4, 0.5) is 0 Å². The first kappa shape index (κ1) is 22.6. The normalized spacial score (nSPS) is 36.7. The molecule has 0 aromatic rings. The van der Waals surface area contributed by atoms with E-state index in [1.54, 1.807) is 6.92 Å². The van der Waals surface area contributed by atoms with Gasteiger partial charge in [0.2, 0.25) is 5.91 Å². The first-order valence-electron chi connectivity index (χ1n) is 10.7. The number of esters is 1. The molecule has 0 spiro atoms. The summed E-state index contributed by atoms with van der Waals surface area (Å²) in [5, 5.41) is 11.7. The lowest BCUT2D eigenvalue weighted by Crippen LogP contribution is -2.56. The first-order valence-corrected chi connectivity index (χ1v) is 10.7. The predicted octanol–water partition coefficient (Wildman–Crippen LogP) is 0.976. The van der Waals surface area contributed by atoms with Crippen LogP contribution in [0.25, 0.3) is 0 Å². The van der Waals surface area contributed by atoms with Crippen LogP contribution < -0.4 is 5.32 Å².